The van der Waals surface area contributed by atoms with E-state index in [4.69, 9.17) is 23.2 Å². The molecule has 0 aliphatic heterocycles. The molecule has 0 bridgehead atoms. The predicted octanol–water partition coefficient (Wildman–Crippen LogP) is 4.86. The van der Waals surface area contributed by atoms with Crippen LogP contribution in [-0.4, -0.2) is 7.05 Å². The monoisotopic (exact) mass is 293 g/mol. The first-order valence-corrected chi connectivity index (χ1v) is 7.12. The summed E-state index contributed by atoms with van der Waals surface area (Å²) >= 11 is 12.1. The van der Waals surface area contributed by atoms with Gasteiger partial charge in [0.15, 0.2) is 0 Å². The van der Waals surface area contributed by atoms with Crippen LogP contribution in [0.1, 0.15) is 29.7 Å². The van der Waals surface area contributed by atoms with E-state index >= 15 is 0 Å². The molecule has 0 fully saturated rings. The first kappa shape index (κ1) is 14.4. The summed E-state index contributed by atoms with van der Waals surface area (Å²) in [6.07, 6.45) is 1.05. The quantitative estimate of drug-likeness (QED) is 0.848. The van der Waals surface area contributed by atoms with E-state index in [9.17, 15) is 0 Å². The standard InChI is InChI=1S/C16H17Cl2N/c1-3-11-4-6-12(7-5-11)16(19-2)13-8-9-14(17)15(18)10-13/h4-10,16,19H,3H2,1-2H3. The molecule has 3 heteroatoms. The maximum atomic E-state index is 6.09. The van der Waals surface area contributed by atoms with Crippen molar-refractivity contribution in [1.82, 2.24) is 5.32 Å². The molecule has 0 amide bonds. The Bertz CT molecular complexity index is 549. The smallest absolute Gasteiger partial charge is 0.0595 e. The zero-order valence-electron chi connectivity index (χ0n) is 11.1. The minimum Gasteiger partial charge on any atom is -0.309 e. The third-order valence-electron chi connectivity index (χ3n) is 3.29. The maximum Gasteiger partial charge on any atom is 0.0595 e. The number of halogens is 2. The summed E-state index contributed by atoms with van der Waals surface area (Å²) in [5, 5.41) is 4.49. The fourth-order valence-corrected chi connectivity index (χ4v) is 2.47. The molecule has 1 atom stereocenters. The zero-order valence-corrected chi connectivity index (χ0v) is 12.6. The van der Waals surface area contributed by atoms with Crippen LogP contribution in [0.15, 0.2) is 42.5 Å². The second-order valence-corrected chi connectivity index (χ2v) is 5.30. The molecular weight excluding hydrogens is 277 g/mol. The van der Waals surface area contributed by atoms with Gasteiger partial charge in [-0.05, 0) is 42.3 Å². The van der Waals surface area contributed by atoms with E-state index in [1.165, 1.54) is 11.1 Å². The van der Waals surface area contributed by atoms with Crippen LogP contribution >= 0.6 is 23.2 Å². The number of nitrogens with one attached hydrogen (secondary N) is 1. The highest BCUT2D eigenvalue weighted by atomic mass is 35.5. The van der Waals surface area contributed by atoms with Gasteiger partial charge in [0, 0.05) is 0 Å². The minimum absolute atomic E-state index is 0.126. The van der Waals surface area contributed by atoms with Crippen molar-refractivity contribution >= 4 is 23.2 Å². The van der Waals surface area contributed by atoms with Gasteiger partial charge < -0.3 is 5.32 Å². The predicted molar refractivity (Wildman–Crippen MR) is 83.2 cm³/mol. The second-order valence-electron chi connectivity index (χ2n) is 4.49. The summed E-state index contributed by atoms with van der Waals surface area (Å²) in [4.78, 5) is 0. The molecule has 2 aromatic carbocycles. The molecule has 100 valence electrons. The molecule has 1 nitrogen and oxygen atoms in total. The molecule has 0 heterocycles. The molecule has 0 radical (unpaired) electrons. The zero-order chi connectivity index (χ0) is 13.8. The first-order chi connectivity index (χ1) is 9.15. The van der Waals surface area contributed by atoms with Crippen molar-refractivity contribution in [1.29, 1.82) is 0 Å². The highest BCUT2D eigenvalue weighted by Crippen LogP contribution is 2.28. The van der Waals surface area contributed by atoms with Crippen LogP contribution in [0.5, 0.6) is 0 Å². The number of aryl methyl sites for hydroxylation is 1. The second kappa shape index (κ2) is 6.42. The summed E-state index contributed by atoms with van der Waals surface area (Å²) < 4.78 is 0. The van der Waals surface area contributed by atoms with E-state index in [0.29, 0.717) is 10.0 Å². The van der Waals surface area contributed by atoms with Crippen molar-refractivity contribution in [2.45, 2.75) is 19.4 Å². The Balaban J connectivity index is 2.34. The Kier molecular flexibility index (Phi) is 4.87. The third-order valence-corrected chi connectivity index (χ3v) is 4.03. The van der Waals surface area contributed by atoms with Gasteiger partial charge in [0.1, 0.15) is 0 Å². The molecule has 0 aliphatic carbocycles. The minimum atomic E-state index is 0.126. The van der Waals surface area contributed by atoms with Gasteiger partial charge in [-0.25, -0.2) is 0 Å². The molecule has 0 aromatic heterocycles. The Morgan fingerprint density at radius 2 is 1.58 bits per heavy atom. The average molecular weight is 294 g/mol. The Morgan fingerprint density at radius 1 is 0.947 bits per heavy atom. The number of hydrogen-bond donors (Lipinski definition) is 1. The molecule has 2 rings (SSSR count). The van der Waals surface area contributed by atoms with Crippen LogP contribution < -0.4 is 5.32 Å². The lowest BCUT2D eigenvalue weighted by Crippen LogP contribution is -2.17. The van der Waals surface area contributed by atoms with E-state index in [0.717, 1.165) is 12.0 Å². The lowest BCUT2D eigenvalue weighted by Gasteiger charge is -2.18. The van der Waals surface area contributed by atoms with Crippen molar-refractivity contribution in [2.24, 2.45) is 0 Å². The van der Waals surface area contributed by atoms with E-state index in [2.05, 4.69) is 36.5 Å². The summed E-state index contributed by atoms with van der Waals surface area (Å²) in [5.74, 6) is 0. The van der Waals surface area contributed by atoms with Crippen molar-refractivity contribution in [3.63, 3.8) is 0 Å². The van der Waals surface area contributed by atoms with Crippen LogP contribution in [0, 0.1) is 0 Å². The Morgan fingerprint density at radius 3 is 2.11 bits per heavy atom. The van der Waals surface area contributed by atoms with Gasteiger partial charge in [-0.2, -0.15) is 0 Å². The van der Waals surface area contributed by atoms with E-state index < -0.39 is 0 Å². The van der Waals surface area contributed by atoms with Crippen LogP contribution in [0.4, 0.5) is 0 Å². The van der Waals surface area contributed by atoms with Crippen molar-refractivity contribution in [3.8, 4) is 0 Å². The number of benzene rings is 2. The highest BCUT2D eigenvalue weighted by molar-refractivity contribution is 6.42. The fraction of sp³-hybridized carbons (Fsp3) is 0.250. The lowest BCUT2D eigenvalue weighted by atomic mass is 9.97. The van der Waals surface area contributed by atoms with Crippen molar-refractivity contribution in [2.75, 3.05) is 7.05 Å². The lowest BCUT2D eigenvalue weighted by molar-refractivity contribution is 0.691. The normalized spacial score (nSPS) is 12.4. The van der Waals surface area contributed by atoms with Gasteiger partial charge in [-0.15, -0.1) is 0 Å². The fourth-order valence-electron chi connectivity index (χ4n) is 2.16. The molecule has 0 spiro atoms. The van der Waals surface area contributed by atoms with Crippen molar-refractivity contribution in [3.05, 3.63) is 69.2 Å². The SMILES string of the molecule is CCc1ccc(C(NC)c2ccc(Cl)c(Cl)c2)cc1. The molecule has 19 heavy (non-hydrogen) atoms. The van der Waals surface area contributed by atoms with Gasteiger partial charge in [-0.3, -0.25) is 0 Å². The summed E-state index contributed by atoms with van der Waals surface area (Å²) in [6.45, 7) is 2.16. The van der Waals surface area contributed by atoms with Gasteiger partial charge in [0.05, 0.1) is 16.1 Å². The van der Waals surface area contributed by atoms with Gasteiger partial charge in [0.25, 0.3) is 0 Å². The first-order valence-electron chi connectivity index (χ1n) is 6.36. The Hall–Kier alpha value is -1.02. The topological polar surface area (TPSA) is 12.0 Å². The van der Waals surface area contributed by atoms with Crippen LogP contribution in [0.3, 0.4) is 0 Å². The van der Waals surface area contributed by atoms with Gasteiger partial charge in [0.2, 0.25) is 0 Å². The van der Waals surface area contributed by atoms with E-state index in [1.807, 2.05) is 25.2 Å². The maximum absolute atomic E-state index is 6.09. The molecule has 1 unspecified atom stereocenters. The highest BCUT2D eigenvalue weighted by Gasteiger charge is 2.13. The van der Waals surface area contributed by atoms with Crippen LogP contribution in [-0.2, 0) is 6.42 Å². The molecule has 0 saturated carbocycles. The summed E-state index contributed by atoms with van der Waals surface area (Å²) in [7, 11) is 1.95. The molecule has 0 aliphatic rings. The largest absolute Gasteiger partial charge is 0.309 e. The molecule has 1 N–H and O–H groups in total. The van der Waals surface area contributed by atoms with Crippen LogP contribution in [0.25, 0.3) is 0 Å². The molecule has 2 aromatic rings. The van der Waals surface area contributed by atoms with E-state index in [-0.39, 0.29) is 6.04 Å². The number of hydrogen-bond acceptors (Lipinski definition) is 1. The van der Waals surface area contributed by atoms with Crippen molar-refractivity contribution < 1.29 is 0 Å². The molecular formula is C16H17Cl2N. The van der Waals surface area contributed by atoms with Gasteiger partial charge >= 0.3 is 0 Å². The van der Waals surface area contributed by atoms with Crippen LogP contribution in [0.2, 0.25) is 10.0 Å². The summed E-state index contributed by atoms with van der Waals surface area (Å²) in [6, 6.07) is 14.5. The summed E-state index contributed by atoms with van der Waals surface area (Å²) in [5.41, 5.74) is 3.67. The molecule has 0 saturated heterocycles. The average Bonchev–Trinajstić information content (AvgIpc) is 2.44. The third kappa shape index (κ3) is 3.30. The van der Waals surface area contributed by atoms with Gasteiger partial charge in [-0.1, -0.05) is 60.5 Å². The number of rotatable bonds is 4. The van der Waals surface area contributed by atoms with E-state index in [1.54, 1.807) is 0 Å². The Labute approximate surface area is 124 Å².